The quantitative estimate of drug-likeness (QED) is 0.766. The van der Waals surface area contributed by atoms with E-state index in [0.29, 0.717) is 25.1 Å². The van der Waals surface area contributed by atoms with E-state index in [1.807, 2.05) is 29.6 Å². The number of hydrogen-bond acceptors (Lipinski definition) is 3. The molecule has 1 saturated heterocycles. The molecular weight excluding hydrogens is 409 g/mol. The Hall–Kier alpha value is -3.23. The summed E-state index contributed by atoms with van der Waals surface area (Å²) in [4.78, 5) is 28.2. The van der Waals surface area contributed by atoms with Crippen LogP contribution in [0.1, 0.15) is 18.4 Å². The SMILES string of the molecule is O=C(NCC(F)(F)F)C1CCCN1C(=O)Nc1ccc(N2CCc3ccccc32)cc1. The number of likely N-dealkylation sites (tertiary alicyclic amines) is 1. The molecule has 3 amide bonds. The lowest BCUT2D eigenvalue weighted by molar-refractivity contribution is -0.140. The number of carbonyl (C=O) groups excluding carboxylic acids is 2. The Morgan fingerprint density at radius 3 is 2.52 bits per heavy atom. The van der Waals surface area contributed by atoms with Crippen LogP contribution in [0, 0.1) is 0 Å². The summed E-state index contributed by atoms with van der Waals surface area (Å²) in [5.74, 6) is -0.784. The fourth-order valence-electron chi connectivity index (χ4n) is 4.11. The lowest BCUT2D eigenvalue weighted by atomic mass is 10.2. The molecule has 0 aliphatic carbocycles. The molecule has 31 heavy (non-hydrogen) atoms. The first-order valence-electron chi connectivity index (χ1n) is 10.2. The highest BCUT2D eigenvalue weighted by Gasteiger charge is 2.36. The van der Waals surface area contributed by atoms with Gasteiger partial charge in [0.2, 0.25) is 5.91 Å². The fourth-order valence-corrected chi connectivity index (χ4v) is 4.11. The minimum absolute atomic E-state index is 0.318. The molecule has 2 aromatic rings. The van der Waals surface area contributed by atoms with E-state index in [1.54, 1.807) is 12.1 Å². The van der Waals surface area contributed by atoms with Crippen molar-refractivity contribution in [1.29, 1.82) is 0 Å². The molecule has 2 heterocycles. The van der Waals surface area contributed by atoms with Gasteiger partial charge in [-0.1, -0.05) is 18.2 Å². The van der Waals surface area contributed by atoms with Crippen molar-refractivity contribution < 1.29 is 22.8 Å². The smallest absolute Gasteiger partial charge is 0.345 e. The Morgan fingerprint density at radius 2 is 1.77 bits per heavy atom. The number of nitrogens with one attached hydrogen (secondary N) is 2. The first kappa shape index (κ1) is 21.0. The number of halogens is 3. The monoisotopic (exact) mass is 432 g/mol. The molecule has 0 spiro atoms. The summed E-state index contributed by atoms with van der Waals surface area (Å²) in [7, 11) is 0. The third kappa shape index (κ3) is 4.76. The van der Waals surface area contributed by atoms with Crippen molar-refractivity contribution in [2.45, 2.75) is 31.5 Å². The third-order valence-electron chi connectivity index (χ3n) is 5.60. The second kappa shape index (κ2) is 8.49. The summed E-state index contributed by atoms with van der Waals surface area (Å²) in [6.07, 6.45) is -2.62. The molecule has 9 heteroatoms. The van der Waals surface area contributed by atoms with E-state index in [2.05, 4.69) is 22.3 Å². The Bertz CT molecular complexity index is 962. The highest BCUT2D eigenvalue weighted by atomic mass is 19.4. The van der Waals surface area contributed by atoms with Gasteiger partial charge in [-0.15, -0.1) is 0 Å². The van der Waals surface area contributed by atoms with Crippen LogP contribution in [0.15, 0.2) is 48.5 Å². The number of para-hydroxylation sites is 1. The Kier molecular flexibility index (Phi) is 5.75. The Morgan fingerprint density at radius 1 is 1.03 bits per heavy atom. The maximum absolute atomic E-state index is 12.6. The molecule has 0 bridgehead atoms. The zero-order chi connectivity index (χ0) is 22.0. The number of urea groups is 1. The maximum atomic E-state index is 12.6. The molecule has 1 atom stereocenters. The minimum Gasteiger partial charge on any atom is -0.345 e. The molecule has 2 aliphatic rings. The first-order chi connectivity index (χ1) is 14.8. The van der Waals surface area contributed by atoms with Crippen molar-refractivity contribution in [1.82, 2.24) is 10.2 Å². The standard InChI is InChI=1S/C22H23F3N4O2/c23-22(24,25)14-26-20(30)19-6-3-12-29(19)21(31)27-16-7-9-17(10-8-16)28-13-11-15-4-1-2-5-18(15)28/h1-2,4-5,7-10,19H,3,6,11-14H2,(H,26,30)(H,27,31). The predicted octanol–water partition coefficient (Wildman–Crippen LogP) is 4.06. The van der Waals surface area contributed by atoms with Crippen molar-refractivity contribution in [3.63, 3.8) is 0 Å². The van der Waals surface area contributed by atoms with Gasteiger partial charge in [-0.2, -0.15) is 13.2 Å². The third-order valence-corrected chi connectivity index (χ3v) is 5.60. The number of fused-ring (bicyclic) bond motifs is 1. The second-order valence-corrected chi connectivity index (χ2v) is 7.69. The van der Waals surface area contributed by atoms with Gasteiger partial charge in [-0.3, -0.25) is 4.79 Å². The van der Waals surface area contributed by atoms with Gasteiger partial charge in [-0.25, -0.2) is 4.79 Å². The zero-order valence-electron chi connectivity index (χ0n) is 16.8. The van der Waals surface area contributed by atoms with E-state index in [9.17, 15) is 22.8 Å². The van der Waals surface area contributed by atoms with Gasteiger partial charge in [-0.05, 0) is 55.2 Å². The summed E-state index contributed by atoms with van der Waals surface area (Å²) in [6.45, 7) is -0.203. The van der Waals surface area contributed by atoms with Gasteiger partial charge in [0.05, 0.1) is 0 Å². The Labute approximate surface area is 178 Å². The van der Waals surface area contributed by atoms with Crippen LogP contribution in [-0.4, -0.2) is 48.7 Å². The van der Waals surface area contributed by atoms with Crippen molar-refractivity contribution in [2.24, 2.45) is 0 Å². The molecule has 2 N–H and O–H groups in total. The van der Waals surface area contributed by atoms with Crippen molar-refractivity contribution in [2.75, 3.05) is 29.9 Å². The van der Waals surface area contributed by atoms with Crippen molar-refractivity contribution in [3.8, 4) is 0 Å². The summed E-state index contributed by atoms with van der Waals surface area (Å²) in [6, 6.07) is 14.2. The summed E-state index contributed by atoms with van der Waals surface area (Å²) >= 11 is 0. The average Bonchev–Trinajstić information content (AvgIpc) is 3.39. The van der Waals surface area contributed by atoms with Crippen LogP contribution in [0.2, 0.25) is 0 Å². The number of hydrogen-bond donors (Lipinski definition) is 2. The highest BCUT2D eigenvalue weighted by molar-refractivity contribution is 5.94. The summed E-state index contributed by atoms with van der Waals surface area (Å²) in [5.41, 5.74) is 4.03. The number of benzene rings is 2. The van der Waals surface area contributed by atoms with Gasteiger partial charge in [0.25, 0.3) is 0 Å². The second-order valence-electron chi connectivity index (χ2n) is 7.69. The van der Waals surface area contributed by atoms with E-state index < -0.39 is 30.7 Å². The zero-order valence-corrected chi connectivity index (χ0v) is 16.8. The molecule has 2 aromatic carbocycles. The number of rotatable bonds is 4. The predicted molar refractivity (Wildman–Crippen MR) is 111 cm³/mol. The lowest BCUT2D eigenvalue weighted by Crippen LogP contribution is -2.49. The van der Waals surface area contributed by atoms with Gasteiger partial charge in [0.15, 0.2) is 0 Å². The van der Waals surface area contributed by atoms with Crippen molar-refractivity contribution >= 4 is 29.0 Å². The van der Waals surface area contributed by atoms with E-state index in [1.165, 1.54) is 16.2 Å². The van der Waals surface area contributed by atoms with E-state index >= 15 is 0 Å². The summed E-state index contributed by atoms with van der Waals surface area (Å²) in [5, 5.41) is 4.61. The van der Waals surface area contributed by atoms with Crippen molar-refractivity contribution in [3.05, 3.63) is 54.1 Å². The first-order valence-corrected chi connectivity index (χ1v) is 10.2. The number of amides is 3. The number of anilines is 3. The number of nitrogens with zero attached hydrogens (tertiary/aromatic N) is 2. The van der Waals surface area contributed by atoms with Crippen LogP contribution in [-0.2, 0) is 11.2 Å². The van der Waals surface area contributed by atoms with E-state index in [4.69, 9.17) is 0 Å². The minimum atomic E-state index is -4.49. The number of carbonyl (C=O) groups is 2. The van der Waals surface area contributed by atoms with Gasteiger partial charge in [0, 0.05) is 30.2 Å². The van der Waals surface area contributed by atoms with Gasteiger partial charge < -0.3 is 20.4 Å². The Balaban J connectivity index is 1.38. The molecule has 1 unspecified atom stereocenters. The van der Waals surface area contributed by atoms with Crippen LogP contribution in [0.25, 0.3) is 0 Å². The lowest BCUT2D eigenvalue weighted by Gasteiger charge is -2.25. The fraction of sp³-hybridized carbons (Fsp3) is 0.364. The van der Waals surface area contributed by atoms with Gasteiger partial charge in [0.1, 0.15) is 12.6 Å². The average molecular weight is 432 g/mol. The van der Waals surface area contributed by atoms with Crippen LogP contribution in [0.4, 0.5) is 35.0 Å². The van der Waals surface area contributed by atoms with E-state index in [-0.39, 0.29) is 0 Å². The topological polar surface area (TPSA) is 64.7 Å². The maximum Gasteiger partial charge on any atom is 0.405 e. The largest absolute Gasteiger partial charge is 0.405 e. The van der Waals surface area contributed by atoms with Crippen LogP contribution in [0.3, 0.4) is 0 Å². The normalized spacial score (nSPS) is 18.1. The molecule has 0 saturated carbocycles. The molecule has 0 aromatic heterocycles. The molecule has 1 fully saturated rings. The molecule has 2 aliphatic heterocycles. The number of alkyl halides is 3. The van der Waals surface area contributed by atoms with E-state index in [0.717, 1.165) is 18.7 Å². The van der Waals surface area contributed by atoms with Gasteiger partial charge >= 0.3 is 12.2 Å². The molecule has 0 radical (unpaired) electrons. The molecule has 4 rings (SSSR count). The highest BCUT2D eigenvalue weighted by Crippen LogP contribution is 2.34. The van der Waals surface area contributed by atoms with Crippen LogP contribution in [0.5, 0.6) is 0 Å². The molecular formula is C22H23F3N4O2. The van der Waals surface area contributed by atoms with Crippen LogP contribution >= 0.6 is 0 Å². The van der Waals surface area contributed by atoms with Crippen LogP contribution < -0.4 is 15.5 Å². The summed E-state index contributed by atoms with van der Waals surface area (Å²) < 4.78 is 37.1. The molecule has 6 nitrogen and oxygen atoms in total. The molecule has 164 valence electrons.